The van der Waals surface area contributed by atoms with Gasteiger partial charge in [0.2, 0.25) is 0 Å². The first-order valence-electron chi connectivity index (χ1n) is 9.07. The number of nitrogens with zero attached hydrogens (tertiary/aromatic N) is 2. The molecule has 2 aromatic heterocycles. The molecule has 0 radical (unpaired) electrons. The number of fused-ring (bicyclic) bond motifs is 1. The van der Waals surface area contributed by atoms with Gasteiger partial charge in [0.1, 0.15) is 23.8 Å². The molecule has 1 fully saturated rings. The van der Waals surface area contributed by atoms with Gasteiger partial charge in [-0.3, -0.25) is 9.69 Å². The van der Waals surface area contributed by atoms with Gasteiger partial charge in [-0.05, 0) is 36.1 Å². The minimum atomic E-state index is -1.17. The number of hydrogen-bond acceptors (Lipinski definition) is 7. The molecule has 9 heteroatoms. The van der Waals surface area contributed by atoms with E-state index in [0.717, 1.165) is 9.88 Å². The van der Waals surface area contributed by atoms with Gasteiger partial charge in [0.05, 0.1) is 17.1 Å². The van der Waals surface area contributed by atoms with Crippen molar-refractivity contribution >= 4 is 34.6 Å². The molecule has 0 aliphatic carbocycles. The number of urea groups is 1. The van der Waals surface area contributed by atoms with Crippen LogP contribution in [0.25, 0.3) is 9.88 Å². The highest BCUT2D eigenvalue weighted by Crippen LogP contribution is 2.37. The average molecular weight is 428 g/mol. The van der Waals surface area contributed by atoms with Crippen molar-refractivity contribution in [3.05, 3.63) is 52.3 Å². The highest BCUT2D eigenvalue weighted by molar-refractivity contribution is 7.20. The standard InChI is InChI=1S/C20H17N3O4S2/c1-20(12-4-5-14-15(9-12)27-7-6-26-14)18(24)23(19(25)22-20)10-13-11-29-17(21-13)16-3-2-8-28-16/h2-5,8-9,11H,6-7,10H2,1H3,(H,22,25)/t20-/m1/s1. The quantitative estimate of drug-likeness (QED) is 0.644. The summed E-state index contributed by atoms with van der Waals surface area (Å²) in [4.78, 5) is 32.7. The van der Waals surface area contributed by atoms with Crippen molar-refractivity contribution in [1.82, 2.24) is 15.2 Å². The van der Waals surface area contributed by atoms with Gasteiger partial charge in [0.25, 0.3) is 5.91 Å². The SMILES string of the molecule is C[C@]1(c2ccc3c(c2)OCCO3)NC(=O)N(Cc2csc(-c3cccs3)n2)C1=O. The maximum absolute atomic E-state index is 13.2. The van der Waals surface area contributed by atoms with E-state index < -0.39 is 11.6 Å². The molecule has 2 aliphatic rings. The number of amides is 3. The summed E-state index contributed by atoms with van der Waals surface area (Å²) in [5, 5.41) is 7.59. The lowest BCUT2D eigenvalue weighted by molar-refractivity contribution is -0.131. The zero-order chi connectivity index (χ0) is 20.0. The van der Waals surface area contributed by atoms with Gasteiger partial charge >= 0.3 is 6.03 Å². The Labute approximate surface area is 174 Å². The Morgan fingerprint density at radius 2 is 2.00 bits per heavy atom. The van der Waals surface area contributed by atoms with E-state index in [2.05, 4.69) is 10.3 Å². The number of hydrogen-bond donors (Lipinski definition) is 1. The van der Waals surface area contributed by atoms with E-state index in [1.165, 1.54) is 16.2 Å². The number of aromatic nitrogens is 1. The smallest absolute Gasteiger partial charge is 0.325 e. The number of nitrogens with one attached hydrogen (secondary N) is 1. The molecule has 1 N–H and O–H groups in total. The fourth-order valence-electron chi connectivity index (χ4n) is 3.45. The summed E-state index contributed by atoms with van der Waals surface area (Å²) in [5.41, 5.74) is 0.174. The Bertz CT molecular complexity index is 1100. The number of carbonyl (C=O) groups excluding carboxylic acids is 2. The second-order valence-corrected chi connectivity index (χ2v) is 8.73. The van der Waals surface area contributed by atoms with Gasteiger partial charge in [-0.2, -0.15) is 0 Å². The van der Waals surface area contributed by atoms with Crippen molar-refractivity contribution in [2.75, 3.05) is 13.2 Å². The molecular weight excluding hydrogens is 410 g/mol. The molecule has 2 aliphatic heterocycles. The van der Waals surface area contributed by atoms with Crippen LogP contribution in [0, 0.1) is 0 Å². The van der Waals surface area contributed by atoms with Crippen molar-refractivity contribution in [2.24, 2.45) is 0 Å². The van der Waals surface area contributed by atoms with E-state index in [4.69, 9.17) is 9.47 Å². The first-order chi connectivity index (χ1) is 14.0. The van der Waals surface area contributed by atoms with Crippen LogP contribution in [0.2, 0.25) is 0 Å². The van der Waals surface area contributed by atoms with Crippen LogP contribution < -0.4 is 14.8 Å². The third-order valence-corrected chi connectivity index (χ3v) is 6.93. The summed E-state index contributed by atoms with van der Waals surface area (Å²) < 4.78 is 11.2. The van der Waals surface area contributed by atoms with Crippen LogP contribution in [0.5, 0.6) is 11.5 Å². The number of ether oxygens (including phenoxy) is 2. The number of carbonyl (C=O) groups is 2. The molecule has 29 heavy (non-hydrogen) atoms. The van der Waals surface area contributed by atoms with Crippen LogP contribution in [-0.2, 0) is 16.9 Å². The van der Waals surface area contributed by atoms with Gasteiger partial charge in [0, 0.05) is 5.38 Å². The fourth-order valence-corrected chi connectivity index (χ4v) is 5.07. The van der Waals surface area contributed by atoms with E-state index in [-0.39, 0.29) is 12.5 Å². The summed E-state index contributed by atoms with van der Waals surface area (Å²) in [5.74, 6) is 0.904. The summed E-state index contributed by atoms with van der Waals surface area (Å²) >= 11 is 3.11. The Morgan fingerprint density at radius 3 is 2.79 bits per heavy atom. The van der Waals surface area contributed by atoms with E-state index in [1.807, 2.05) is 22.9 Å². The van der Waals surface area contributed by atoms with Gasteiger partial charge in [-0.25, -0.2) is 9.78 Å². The lowest BCUT2D eigenvalue weighted by Crippen LogP contribution is -2.41. The molecule has 0 spiro atoms. The van der Waals surface area contributed by atoms with Crippen LogP contribution in [0.3, 0.4) is 0 Å². The van der Waals surface area contributed by atoms with Gasteiger partial charge in [-0.15, -0.1) is 22.7 Å². The molecule has 148 valence electrons. The van der Waals surface area contributed by atoms with Crippen LogP contribution in [0.1, 0.15) is 18.2 Å². The van der Waals surface area contributed by atoms with Crippen molar-refractivity contribution in [2.45, 2.75) is 19.0 Å². The molecule has 3 aromatic rings. The number of rotatable bonds is 4. The normalized spacial score (nSPS) is 20.8. The average Bonchev–Trinajstić information content (AvgIpc) is 3.46. The van der Waals surface area contributed by atoms with Crippen LogP contribution in [0.4, 0.5) is 4.79 Å². The zero-order valence-corrected chi connectivity index (χ0v) is 17.1. The molecule has 0 bridgehead atoms. The molecule has 1 saturated heterocycles. The zero-order valence-electron chi connectivity index (χ0n) is 15.5. The van der Waals surface area contributed by atoms with Crippen LogP contribution >= 0.6 is 22.7 Å². The summed E-state index contributed by atoms with van der Waals surface area (Å²) in [6.45, 7) is 2.79. The third-order valence-electron chi connectivity index (χ3n) is 5.00. The van der Waals surface area contributed by atoms with E-state index in [0.29, 0.717) is 36.0 Å². The predicted octanol–water partition coefficient (Wildman–Crippen LogP) is 3.61. The molecule has 0 unspecified atom stereocenters. The lowest BCUT2D eigenvalue weighted by atomic mass is 9.91. The number of thiazole rings is 1. The predicted molar refractivity (Wildman–Crippen MR) is 109 cm³/mol. The first-order valence-corrected chi connectivity index (χ1v) is 10.8. The summed E-state index contributed by atoms with van der Waals surface area (Å²) in [6, 6.07) is 8.85. The van der Waals surface area contributed by atoms with E-state index >= 15 is 0 Å². The van der Waals surface area contributed by atoms with E-state index in [9.17, 15) is 9.59 Å². The molecule has 0 saturated carbocycles. The second-order valence-electron chi connectivity index (χ2n) is 6.93. The number of imide groups is 1. The van der Waals surface area contributed by atoms with Crippen LogP contribution in [0.15, 0.2) is 41.1 Å². The molecule has 7 nitrogen and oxygen atoms in total. The summed E-state index contributed by atoms with van der Waals surface area (Å²) in [7, 11) is 0. The van der Waals surface area contributed by atoms with Crippen LogP contribution in [-0.4, -0.2) is 35.0 Å². The molecular formula is C20H17N3O4S2. The fraction of sp³-hybridized carbons (Fsp3) is 0.250. The number of benzene rings is 1. The monoisotopic (exact) mass is 427 g/mol. The van der Waals surface area contributed by atoms with Gasteiger partial charge in [0.15, 0.2) is 11.5 Å². The van der Waals surface area contributed by atoms with Gasteiger partial charge in [-0.1, -0.05) is 12.1 Å². The lowest BCUT2D eigenvalue weighted by Gasteiger charge is -2.25. The number of thiophene rings is 1. The molecule has 5 rings (SSSR count). The highest BCUT2D eigenvalue weighted by Gasteiger charge is 2.49. The van der Waals surface area contributed by atoms with Crippen molar-refractivity contribution in [3.63, 3.8) is 0 Å². The summed E-state index contributed by atoms with van der Waals surface area (Å²) in [6.07, 6.45) is 0. The van der Waals surface area contributed by atoms with Gasteiger partial charge < -0.3 is 14.8 Å². The second kappa shape index (κ2) is 6.85. The Morgan fingerprint density at radius 1 is 1.17 bits per heavy atom. The maximum Gasteiger partial charge on any atom is 0.325 e. The highest BCUT2D eigenvalue weighted by atomic mass is 32.1. The molecule has 1 atom stereocenters. The Hall–Kier alpha value is -2.91. The molecule has 3 amide bonds. The van der Waals surface area contributed by atoms with Crippen molar-refractivity contribution < 1.29 is 19.1 Å². The van der Waals surface area contributed by atoms with E-state index in [1.54, 1.807) is 36.5 Å². The van der Waals surface area contributed by atoms with Crippen molar-refractivity contribution in [1.29, 1.82) is 0 Å². The minimum Gasteiger partial charge on any atom is -0.486 e. The van der Waals surface area contributed by atoms with Crippen molar-refractivity contribution in [3.8, 4) is 21.4 Å². The topological polar surface area (TPSA) is 80.8 Å². The Kier molecular flexibility index (Phi) is 4.29. The third kappa shape index (κ3) is 3.06. The molecule has 1 aromatic carbocycles. The molecule has 4 heterocycles. The minimum absolute atomic E-state index is 0.132. The Balaban J connectivity index is 1.39. The first kappa shape index (κ1) is 18.1. The maximum atomic E-state index is 13.2. The largest absolute Gasteiger partial charge is 0.486 e.